The Hall–Kier alpha value is -2.33. The first-order valence-corrected chi connectivity index (χ1v) is 8.53. The number of rotatable bonds is 4. The summed E-state index contributed by atoms with van der Waals surface area (Å²) in [6.07, 6.45) is -3.76. The van der Waals surface area contributed by atoms with Gasteiger partial charge < -0.3 is 25.4 Å². The second-order valence-electron chi connectivity index (χ2n) is 6.62. The summed E-state index contributed by atoms with van der Waals surface area (Å²) in [5, 5.41) is 2.67. The van der Waals surface area contributed by atoms with Gasteiger partial charge in [-0.1, -0.05) is 6.07 Å². The van der Waals surface area contributed by atoms with Crippen LogP contribution in [0.15, 0.2) is 24.3 Å². The molecule has 2 heterocycles. The van der Waals surface area contributed by atoms with Gasteiger partial charge in [0.1, 0.15) is 11.8 Å². The van der Waals surface area contributed by atoms with Gasteiger partial charge in [0.15, 0.2) is 0 Å². The lowest BCUT2D eigenvalue weighted by Gasteiger charge is -2.32. The maximum absolute atomic E-state index is 12.6. The number of halogens is 3. The summed E-state index contributed by atoms with van der Waals surface area (Å²) in [5.41, 5.74) is 5.30. The van der Waals surface area contributed by atoms with Gasteiger partial charge in [-0.25, -0.2) is 0 Å². The summed E-state index contributed by atoms with van der Waals surface area (Å²) >= 11 is 0. The highest BCUT2D eigenvalue weighted by Gasteiger charge is 2.40. The van der Waals surface area contributed by atoms with E-state index in [0.717, 1.165) is 12.1 Å². The molecule has 148 valence electrons. The van der Waals surface area contributed by atoms with Crippen LogP contribution in [0.4, 0.5) is 18.9 Å². The molecule has 0 aromatic heterocycles. The molecule has 1 aromatic carbocycles. The fourth-order valence-electron chi connectivity index (χ4n) is 3.18. The molecule has 0 spiro atoms. The van der Waals surface area contributed by atoms with Crippen LogP contribution in [0.3, 0.4) is 0 Å². The number of anilines is 1. The molecule has 1 aromatic rings. The highest BCUT2D eigenvalue weighted by atomic mass is 19.4. The van der Waals surface area contributed by atoms with Gasteiger partial charge in [-0.05, 0) is 31.4 Å². The number of hydrogen-bond acceptors (Lipinski definition) is 5. The number of alkyl halides is 3. The molecule has 27 heavy (non-hydrogen) atoms. The molecule has 3 rings (SSSR count). The van der Waals surface area contributed by atoms with Gasteiger partial charge in [0.05, 0.1) is 5.54 Å². The zero-order valence-electron chi connectivity index (χ0n) is 14.4. The summed E-state index contributed by atoms with van der Waals surface area (Å²) < 4.78 is 46.2. The molecule has 3 N–H and O–H groups in total. The summed E-state index contributed by atoms with van der Waals surface area (Å²) in [6.45, 7) is 1.02. The summed E-state index contributed by atoms with van der Waals surface area (Å²) in [5.74, 6) is -1.23. The van der Waals surface area contributed by atoms with Crippen LogP contribution in [0.2, 0.25) is 0 Å². The average molecular weight is 387 g/mol. The van der Waals surface area contributed by atoms with Crippen molar-refractivity contribution in [2.45, 2.75) is 37.2 Å². The van der Waals surface area contributed by atoms with Crippen molar-refractivity contribution in [2.24, 2.45) is 5.73 Å². The molecule has 0 aliphatic carbocycles. The number of nitrogens with zero attached hydrogens (tertiary/aromatic N) is 1. The van der Waals surface area contributed by atoms with E-state index in [1.54, 1.807) is 0 Å². The molecule has 2 amide bonds. The lowest BCUT2D eigenvalue weighted by Crippen LogP contribution is -2.59. The average Bonchev–Trinajstić information content (AvgIpc) is 2.95. The van der Waals surface area contributed by atoms with Gasteiger partial charge in [-0.3, -0.25) is 9.59 Å². The van der Waals surface area contributed by atoms with E-state index in [2.05, 4.69) is 10.1 Å². The van der Waals surface area contributed by atoms with Crippen LogP contribution in [-0.4, -0.2) is 49.5 Å². The molecular weight excluding hydrogens is 367 g/mol. The van der Waals surface area contributed by atoms with Gasteiger partial charge in [0.2, 0.25) is 11.8 Å². The van der Waals surface area contributed by atoms with Crippen molar-refractivity contribution in [3.05, 3.63) is 24.3 Å². The van der Waals surface area contributed by atoms with Gasteiger partial charge in [-0.2, -0.15) is 0 Å². The Morgan fingerprint density at radius 1 is 1.33 bits per heavy atom. The van der Waals surface area contributed by atoms with Crippen LogP contribution in [-0.2, 0) is 14.3 Å². The van der Waals surface area contributed by atoms with Crippen LogP contribution in [0.5, 0.6) is 5.75 Å². The zero-order valence-corrected chi connectivity index (χ0v) is 14.4. The van der Waals surface area contributed by atoms with Gasteiger partial charge in [-0.15, -0.1) is 13.2 Å². The van der Waals surface area contributed by atoms with E-state index in [0.29, 0.717) is 32.5 Å². The number of hydrogen-bond donors (Lipinski definition) is 2. The van der Waals surface area contributed by atoms with Crippen molar-refractivity contribution in [1.82, 2.24) is 5.32 Å². The predicted molar refractivity (Wildman–Crippen MR) is 89.0 cm³/mol. The Morgan fingerprint density at radius 2 is 2.04 bits per heavy atom. The monoisotopic (exact) mass is 387 g/mol. The molecule has 0 saturated carbocycles. The van der Waals surface area contributed by atoms with Gasteiger partial charge in [0.25, 0.3) is 0 Å². The molecule has 2 saturated heterocycles. The van der Waals surface area contributed by atoms with Crippen molar-refractivity contribution >= 4 is 17.5 Å². The van der Waals surface area contributed by atoms with Crippen molar-refractivity contribution in [1.29, 1.82) is 0 Å². The molecule has 10 heteroatoms. The maximum atomic E-state index is 12.6. The predicted octanol–water partition coefficient (Wildman–Crippen LogP) is 1.31. The van der Waals surface area contributed by atoms with Crippen molar-refractivity contribution in [3.63, 3.8) is 0 Å². The number of carbonyl (C=O) groups is 2. The molecule has 2 aliphatic heterocycles. The van der Waals surface area contributed by atoms with Crippen molar-refractivity contribution < 1.29 is 32.2 Å². The topological polar surface area (TPSA) is 93.9 Å². The lowest BCUT2D eigenvalue weighted by molar-refractivity contribution is -0.274. The third-order valence-electron chi connectivity index (χ3n) is 4.71. The summed E-state index contributed by atoms with van der Waals surface area (Å²) in [7, 11) is 0. The van der Waals surface area contributed by atoms with E-state index in [9.17, 15) is 22.8 Å². The number of nitrogens with one attached hydrogen (secondary N) is 1. The molecule has 0 radical (unpaired) electrons. The minimum absolute atomic E-state index is 0.264. The first kappa shape index (κ1) is 19.4. The number of amides is 2. The second kappa shape index (κ2) is 7.35. The van der Waals surface area contributed by atoms with Gasteiger partial charge in [0, 0.05) is 31.5 Å². The molecule has 1 atom stereocenters. The fraction of sp³-hybridized carbons (Fsp3) is 0.529. The fourth-order valence-corrected chi connectivity index (χ4v) is 3.18. The van der Waals surface area contributed by atoms with E-state index < -0.39 is 35.5 Å². The molecule has 0 bridgehead atoms. The van der Waals surface area contributed by atoms with Crippen LogP contribution in [0.1, 0.15) is 19.3 Å². The Morgan fingerprint density at radius 3 is 2.70 bits per heavy atom. The molecular formula is C17H20F3N3O4. The van der Waals surface area contributed by atoms with E-state index in [4.69, 9.17) is 10.5 Å². The Balaban J connectivity index is 1.66. The highest BCUT2D eigenvalue weighted by molar-refractivity contribution is 6.02. The van der Waals surface area contributed by atoms with Crippen molar-refractivity contribution in [3.8, 4) is 5.75 Å². The van der Waals surface area contributed by atoms with Gasteiger partial charge >= 0.3 is 6.36 Å². The standard InChI is InChI=1S/C17H20F3N3O4/c18-17(19,20)27-12-3-1-2-11(10-12)23-7-4-13(14(23)24)22-15(25)16(21)5-8-26-9-6-16/h1-3,10,13H,4-9,21H2,(H,22,25). The highest BCUT2D eigenvalue weighted by Crippen LogP contribution is 2.29. The third kappa shape index (κ3) is 4.51. The molecule has 2 aliphatic rings. The first-order valence-electron chi connectivity index (χ1n) is 8.53. The first-order chi connectivity index (χ1) is 12.7. The zero-order chi connectivity index (χ0) is 19.7. The quantitative estimate of drug-likeness (QED) is 0.813. The van der Waals surface area contributed by atoms with Crippen LogP contribution in [0.25, 0.3) is 0 Å². The van der Waals surface area contributed by atoms with Crippen LogP contribution >= 0.6 is 0 Å². The number of nitrogens with two attached hydrogens (primary N) is 1. The normalized spacial score (nSPS) is 22.6. The number of ether oxygens (including phenoxy) is 2. The van der Waals surface area contributed by atoms with Crippen LogP contribution < -0.4 is 20.7 Å². The Labute approximate surface area is 153 Å². The van der Waals surface area contributed by atoms with Crippen molar-refractivity contribution in [2.75, 3.05) is 24.7 Å². The Bertz CT molecular complexity index is 720. The lowest BCUT2D eigenvalue weighted by atomic mass is 9.90. The smallest absolute Gasteiger partial charge is 0.406 e. The molecule has 2 fully saturated rings. The molecule has 1 unspecified atom stereocenters. The minimum atomic E-state index is -4.82. The maximum Gasteiger partial charge on any atom is 0.573 e. The SMILES string of the molecule is NC1(C(=O)NC2CCN(c3cccc(OC(F)(F)F)c3)C2=O)CCOCC1. The third-order valence-corrected chi connectivity index (χ3v) is 4.71. The van der Waals surface area contributed by atoms with E-state index in [1.807, 2.05) is 0 Å². The van der Waals surface area contributed by atoms with E-state index in [-0.39, 0.29) is 12.2 Å². The summed E-state index contributed by atoms with van der Waals surface area (Å²) in [6, 6.07) is 4.40. The minimum Gasteiger partial charge on any atom is -0.406 e. The van der Waals surface area contributed by atoms with Crippen LogP contribution in [0, 0.1) is 0 Å². The number of benzene rings is 1. The Kier molecular flexibility index (Phi) is 5.29. The van der Waals surface area contributed by atoms with E-state index in [1.165, 1.54) is 17.0 Å². The molecule has 7 nitrogen and oxygen atoms in total. The number of carbonyl (C=O) groups excluding carboxylic acids is 2. The summed E-state index contributed by atoms with van der Waals surface area (Å²) in [4.78, 5) is 26.4. The second-order valence-corrected chi connectivity index (χ2v) is 6.62. The van der Waals surface area contributed by atoms with E-state index >= 15 is 0 Å². The largest absolute Gasteiger partial charge is 0.573 e.